The van der Waals surface area contributed by atoms with Gasteiger partial charge in [-0.2, -0.15) is 13.2 Å². The minimum atomic E-state index is -4.35. The summed E-state index contributed by atoms with van der Waals surface area (Å²) in [5.41, 5.74) is 3.71. The van der Waals surface area contributed by atoms with Gasteiger partial charge in [0, 0.05) is 17.5 Å². The van der Waals surface area contributed by atoms with Crippen LogP contribution < -0.4 is 4.74 Å². The number of pyridine rings is 1. The van der Waals surface area contributed by atoms with Gasteiger partial charge in [0.2, 0.25) is 0 Å². The Hall–Kier alpha value is -2.05. The van der Waals surface area contributed by atoms with Crippen LogP contribution >= 0.6 is 0 Å². The molecule has 1 aliphatic rings. The van der Waals surface area contributed by atoms with Crippen LogP contribution in [0.2, 0.25) is 0 Å². The number of halogens is 3. The Morgan fingerprint density at radius 2 is 1.96 bits per heavy atom. The molecule has 2 heterocycles. The number of imidazole rings is 1. The molecule has 0 fully saturated rings. The van der Waals surface area contributed by atoms with E-state index in [0.717, 1.165) is 37.2 Å². The first-order valence-electron chi connectivity index (χ1n) is 8.04. The van der Waals surface area contributed by atoms with Gasteiger partial charge < -0.3 is 9.30 Å². The molecule has 0 aromatic carbocycles. The third kappa shape index (κ3) is 3.55. The van der Waals surface area contributed by atoms with Crippen molar-refractivity contribution in [2.24, 2.45) is 0 Å². The minimum absolute atomic E-state index is 0.226. The number of aromatic nitrogens is 3. The molecule has 0 amide bonds. The van der Waals surface area contributed by atoms with E-state index in [0.29, 0.717) is 17.8 Å². The first-order valence-corrected chi connectivity index (χ1v) is 8.04. The van der Waals surface area contributed by atoms with Gasteiger partial charge in [-0.25, -0.2) is 4.98 Å². The maximum atomic E-state index is 12.4. The summed E-state index contributed by atoms with van der Waals surface area (Å²) < 4.78 is 44.1. The average Bonchev–Trinajstić information content (AvgIpc) is 2.83. The number of hydrogen-bond acceptors (Lipinski definition) is 3. The molecule has 0 radical (unpaired) electrons. The largest absolute Gasteiger partial charge is 0.484 e. The van der Waals surface area contributed by atoms with Crippen molar-refractivity contribution < 1.29 is 17.9 Å². The molecular formula is C17H20F3N3O. The molecule has 4 nitrogen and oxygen atoms in total. The van der Waals surface area contributed by atoms with Gasteiger partial charge in [-0.15, -0.1) is 0 Å². The minimum Gasteiger partial charge on any atom is -0.484 e. The van der Waals surface area contributed by atoms with Crippen molar-refractivity contribution in [2.45, 2.75) is 52.3 Å². The van der Waals surface area contributed by atoms with E-state index in [1.165, 1.54) is 18.0 Å². The van der Waals surface area contributed by atoms with Crippen molar-refractivity contribution in [1.29, 1.82) is 0 Å². The fraction of sp³-hybridized carbons (Fsp3) is 0.529. The molecule has 3 rings (SSSR count). The third-order valence-electron chi connectivity index (χ3n) is 4.38. The van der Waals surface area contributed by atoms with E-state index in [9.17, 15) is 13.2 Å². The summed E-state index contributed by atoms with van der Waals surface area (Å²) in [6.45, 7) is 2.91. The van der Waals surface area contributed by atoms with Crippen LogP contribution in [0.25, 0.3) is 0 Å². The Kier molecular flexibility index (Phi) is 4.51. The molecule has 0 aliphatic heterocycles. The van der Waals surface area contributed by atoms with Gasteiger partial charge >= 0.3 is 6.18 Å². The van der Waals surface area contributed by atoms with Crippen molar-refractivity contribution in [3.05, 3.63) is 40.7 Å². The van der Waals surface area contributed by atoms with Crippen LogP contribution in [0.5, 0.6) is 5.75 Å². The van der Waals surface area contributed by atoms with E-state index in [1.54, 1.807) is 6.92 Å². The second-order valence-electron chi connectivity index (χ2n) is 6.13. The van der Waals surface area contributed by atoms with E-state index in [1.807, 2.05) is 6.92 Å². The van der Waals surface area contributed by atoms with Gasteiger partial charge in [0.15, 0.2) is 6.61 Å². The Morgan fingerprint density at radius 1 is 1.21 bits per heavy atom. The summed E-state index contributed by atoms with van der Waals surface area (Å²) in [6, 6.07) is 1.47. The molecule has 1 aliphatic carbocycles. The van der Waals surface area contributed by atoms with Crippen LogP contribution in [0.1, 0.15) is 41.3 Å². The lowest BCUT2D eigenvalue weighted by Gasteiger charge is -2.17. The van der Waals surface area contributed by atoms with Crippen molar-refractivity contribution in [3.63, 3.8) is 0 Å². The van der Waals surface area contributed by atoms with Crippen LogP contribution in [-0.4, -0.2) is 27.3 Å². The highest BCUT2D eigenvalue weighted by Gasteiger charge is 2.29. The molecule has 130 valence electrons. The van der Waals surface area contributed by atoms with Crippen molar-refractivity contribution >= 4 is 0 Å². The molecule has 0 atom stereocenters. The maximum Gasteiger partial charge on any atom is 0.422 e. The van der Waals surface area contributed by atoms with Crippen LogP contribution in [0.15, 0.2) is 12.3 Å². The van der Waals surface area contributed by atoms with Crippen molar-refractivity contribution in [2.75, 3.05) is 6.61 Å². The van der Waals surface area contributed by atoms with Crippen LogP contribution in [0, 0.1) is 13.8 Å². The van der Waals surface area contributed by atoms with Crippen molar-refractivity contribution in [1.82, 2.24) is 14.5 Å². The molecule has 7 heteroatoms. The summed E-state index contributed by atoms with van der Waals surface area (Å²) in [5.74, 6) is 1.15. The second kappa shape index (κ2) is 6.45. The molecule has 0 spiro atoms. The lowest BCUT2D eigenvalue weighted by atomic mass is 10.0. The molecule has 0 unspecified atom stereocenters. The van der Waals surface area contributed by atoms with Gasteiger partial charge in [0.25, 0.3) is 0 Å². The lowest BCUT2D eigenvalue weighted by Crippen LogP contribution is -2.20. The number of fused-ring (bicyclic) bond motifs is 1. The molecule has 2 aromatic heterocycles. The highest BCUT2D eigenvalue weighted by Crippen LogP contribution is 2.26. The number of hydrogen-bond donors (Lipinski definition) is 0. The predicted molar refractivity (Wildman–Crippen MR) is 83.2 cm³/mol. The summed E-state index contributed by atoms with van der Waals surface area (Å²) in [6.07, 6.45) is 1.41. The summed E-state index contributed by atoms with van der Waals surface area (Å²) in [4.78, 5) is 8.96. The fourth-order valence-corrected chi connectivity index (χ4v) is 3.13. The molecule has 0 saturated heterocycles. The molecule has 2 aromatic rings. The zero-order valence-electron chi connectivity index (χ0n) is 13.8. The van der Waals surface area contributed by atoms with Gasteiger partial charge in [0.1, 0.15) is 11.6 Å². The molecule has 0 bridgehead atoms. The number of rotatable bonds is 4. The molecule has 0 N–H and O–H groups in total. The van der Waals surface area contributed by atoms with E-state index < -0.39 is 12.8 Å². The van der Waals surface area contributed by atoms with Crippen LogP contribution in [0.3, 0.4) is 0 Å². The van der Waals surface area contributed by atoms with Gasteiger partial charge in [-0.3, -0.25) is 4.98 Å². The highest BCUT2D eigenvalue weighted by atomic mass is 19.4. The van der Waals surface area contributed by atoms with Gasteiger partial charge in [-0.1, -0.05) is 0 Å². The van der Waals surface area contributed by atoms with E-state index in [4.69, 9.17) is 4.74 Å². The maximum absolute atomic E-state index is 12.4. The smallest absolute Gasteiger partial charge is 0.422 e. The van der Waals surface area contributed by atoms with Gasteiger partial charge in [-0.05, 0) is 45.6 Å². The van der Waals surface area contributed by atoms with Crippen LogP contribution in [0.4, 0.5) is 13.2 Å². The summed E-state index contributed by atoms with van der Waals surface area (Å²) in [7, 11) is 0. The Morgan fingerprint density at radius 3 is 2.71 bits per heavy atom. The molecule has 24 heavy (non-hydrogen) atoms. The zero-order chi connectivity index (χ0) is 17.3. The number of nitrogens with zero attached hydrogens (tertiary/aromatic N) is 3. The summed E-state index contributed by atoms with van der Waals surface area (Å²) in [5, 5.41) is 0. The molecule has 0 saturated carbocycles. The topological polar surface area (TPSA) is 39.9 Å². The number of aryl methyl sites for hydroxylation is 2. The SMILES string of the molecule is Cc1c(OCC(F)(F)F)ccnc1Cn1c(C)nc2c1CCCC2. The first kappa shape index (κ1) is 16.8. The predicted octanol–water partition coefficient (Wildman–Crippen LogP) is 3.76. The number of alkyl halides is 3. The van der Waals surface area contributed by atoms with Crippen LogP contribution in [-0.2, 0) is 19.4 Å². The quantitative estimate of drug-likeness (QED) is 0.851. The summed E-state index contributed by atoms with van der Waals surface area (Å²) >= 11 is 0. The Labute approximate surface area is 138 Å². The lowest BCUT2D eigenvalue weighted by molar-refractivity contribution is -0.153. The fourth-order valence-electron chi connectivity index (χ4n) is 3.13. The normalized spacial score (nSPS) is 14.5. The molecular weight excluding hydrogens is 319 g/mol. The third-order valence-corrected chi connectivity index (χ3v) is 4.38. The monoisotopic (exact) mass is 339 g/mol. The average molecular weight is 339 g/mol. The Bertz CT molecular complexity index is 737. The van der Waals surface area contributed by atoms with E-state index >= 15 is 0 Å². The standard InChI is InChI=1S/C17H20F3N3O/c1-11-14(21-8-7-16(11)24-10-17(18,19)20)9-23-12(2)22-13-5-3-4-6-15(13)23/h7-8H,3-6,9-10H2,1-2H3. The number of ether oxygens (including phenoxy) is 1. The Balaban J connectivity index is 1.85. The van der Waals surface area contributed by atoms with Gasteiger partial charge in [0.05, 0.1) is 17.9 Å². The second-order valence-corrected chi connectivity index (χ2v) is 6.13. The zero-order valence-corrected chi connectivity index (χ0v) is 13.8. The highest BCUT2D eigenvalue weighted by molar-refractivity contribution is 5.35. The van der Waals surface area contributed by atoms with E-state index in [-0.39, 0.29) is 5.75 Å². The first-order chi connectivity index (χ1) is 11.3. The van der Waals surface area contributed by atoms with E-state index in [2.05, 4.69) is 14.5 Å². The van der Waals surface area contributed by atoms with Crippen molar-refractivity contribution in [3.8, 4) is 5.75 Å².